The number of hydrogen-bond donors (Lipinski definition) is 0. The van der Waals surface area contributed by atoms with Gasteiger partial charge in [-0.3, -0.25) is 0 Å². The molecule has 0 aromatic carbocycles. The predicted octanol–water partition coefficient (Wildman–Crippen LogP) is 1.80. The molecule has 4 heteroatoms. The summed E-state index contributed by atoms with van der Waals surface area (Å²) in [4.78, 5) is 16.3. The Bertz CT molecular complexity index is 284. The molecule has 2 rings (SSSR count). The number of carbonyl (C=O) groups is 1. The van der Waals surface area contributed by atoms with Crippen molar-refractivity contribution in [3.8, 4) is 0 Å². The van der Waals surface area contributed by atoms with Crippen molar-refractivity contribution in [3.05, 3.63) is 0 Å². The Labute approximate surface area is 104 Å². The zero-order valence-corrected chi connectivity index (χ0v) is 11.4. The van der Waals surface area contributed by atoms with Crippen LogP contribution in [0.15, 0.2) is 0 Å². The van der Waals surface area contributed by atoms with E-state index >= 15 is 0 Å². The first-order chi connectivity index (χ1) is 7.89. The lowest BCUT2D eigenvalue weighted by Gasteiger charge is -2.25. The minimum Gasteiger partial charge on any atom is -0.444 e. The van der Waals surface area contributed by atoms with Gasteiger partial charge in [0.05, 0.1) is 0 Å². The van der Waals surface area contributed by atoms with E-state index in [1.54, 1.807) is 0 Å². The zero-order chi connectivity index (χ0) is 12.6. The van der Waals surface area contributed by atoms with Crippen LogP contribution >= 0.6 is 0 Å². The molecule has 2 atom stereocenters. The quantitative estimate of drug-likeness (QED) is 0.700. The number of rotatable bonds is 1. The first-order valence-electron chi connectivity index (χ1n) is 6.59. The van der Waals surface area contributed by atoms with Crippen molar-refractivity contribution in [2.45, 2.75) is 33.3 Å². The van der Waals surface area contributed by atoms with Crippen LogP contribution in [-0.4, -0.2) is 54.2 Å². The van der Waals surface area contributed by atoms with Crippen LogP contribution in [0, 0.1) is 11.8 Å². The highest BCUT2D eigenvalue weighted by Crippen LogP contribution is 2.31. The number of ether oxygens (including phenoxy) is 1. The van der Waals surface area contributed by atoms with E-state index in [2.05, 4.69) is 11.8 Å². The Kier molecular flexibility index (Phi) is 3.34. The summed E-state index contributed by atoms with van der Waals surface area (Å²) in [7, 11) is 0. The van der Waals surface area contributed by atoms with Crippen molar-refractivity contribution in [1.82, 2.24) is 9.80 Å². The van der Waals surface area contributed by atoms with E-state index in [-0.39, 0.29) is 11.7 Å². The molecule has 17 heavy (non-hydrogen) atoms. The van der Waals surface area contributed by atoms with Gasteiger partial charge in [0.2, 0.25) is 0 Å². The van der Waals surface area contributed by atoms with Gasteiger partial charge in [0, 0.05) is 26.2 Å². The molecule has 0 N–H and O–H groups in total. The predicted molar refractivity (Wildman–Crippen MR) is 66.9 cm³/mol. The highest BCUT2D eigenvalue weighted by atomic mass is 16.6. The molecule has 2 aliphatic rings. The molecule has 2 heterocycles. The largest absolute Gasteiger partial charge is 0.444 e. The highest BCUT2D eigenvalue weighted by Gasteiger charge is 2.42. The van der Waals surface area contributed by atoms with Gasteiger partial charge in [-0.2, -0.15) is 0 Å². The molecule has 98 valence electrons. The Morgan fingerprint density at radius 3 is 2.12 bits per heavy atom. The number of carbonyl (C=O) groups excluding carboxylic acids is 1. The van der Waals surface area contributed by atoms with E-state index in [0.29, 0.717) is 11.8 Å². The van der Waals surface area contributed by atoms with Gasteiger partial charge in [0.1, 0.15) is 5.60 Å². The van der Waals surface area contributed by atoms with Crippen LogP contribution in [-0.2, 0) is 4.74 Å². The van der Waals surface area contributed by atoms with Crippen molar-refractivity contribution in [1.29, 1.82) is 0 Å². The smallest absolute Gasteiger partial charge is 0.410 e. The maximum Gasteiger partial charge on any atom is 0.410 e. The molecule has 0 aliphatic carbocycles. The lowest BCUT2D eigenvalue weighted by atomic mass is 10.0. The van der Waals surface area contributed by atoms with Gasteiger partial charge in [-0.1, -0.05) is 6.92 Å². The summed E-state index contributed by atoms with van der Waals surface area (Å²) < 4.78 is 5.41. The Morgan fingerprint density at radius 2 is 1.71 bits per heavy atom. The molecule has 0 spiro atoms. The molecular formula is C13H24N2O2. The third-order valence-electron chi connectivity index (χ3n) is 3.66. The monoisotopic (exact) mass is 240 g/mol. The molecule has 0 saturated carbocycles. The molecule has 0 aromatic rings. The molecule has 4 nitrogen and oxygen atoms in total. The average Bonchev–Trinajstić information content (AvgIpc) is 2.70. The van der Waals surface area contributed by atoms with Crippen molar-refractivity contribution < 1.29 is 9.53 Å². The number of hydrogen-bond acceptors (Lipinski definition) is 3. The van der Waals surface area contributed by atoms with Gasteiger partial charge in [-0.05, 0) is 39.2 Å². The number of amides is 1. The molecular weight excluding hydrogens is 216 g/mol. The van der Waals surface area contributed by atoms with Gasteiger partial charge in [-0.25, -0.2) is 4.79 Å². The fraction of sp³-hybridized carbons (Fsp3) is 0.923. The van der Waals surface area contributed by atoms with Crippen LogP contribution in [0.5, 0.6) is 0 Å². The Hall–Kier alpha value is -0.770. The van der Waals surface area contributed by atoms with Crippen LogP contribution < -0.4 is 0 Å². The van der Waals surface area contributed by atoms with Gasteiger partial charge in [-0.15, -0.1) is 0 Å². The fourth-order valence-electron chi connectivity index (χ4n) is 2.82. The van der Waals surface area contributed by atoms with Crippen molar-refractivity contribution in [3.63, 3.8) is 0 Å². The standard InChI is InChI=1S/C13H24N2O2/c1-5-14-6-10-8-15(9-11(10)7-14)12(16)17-13(2,3)4/h10-11H,5-9H2,1-4H3/t10-,11-/m1/s1. The van der Waals surface area contributed by atoms with E-state index in [1.165, 1.54) is 0 Å². The average molecular weight is 240 g/mol. The maximum atomic E-state index is 11.9. The van der Waals surface area contributed by atoms with Crippen LogP contribution in [0.2, 0.25) is 0 Å². The lowest BCUT2D eigenvalue weighted by Crippen LogP contribution is -2.37. The lowest BCUT2D eigenvalue weighted by molar-refractivity contribution is 0.0275. The Balaban J connectivity index is 1.86. The van der Waals surface area contributed by atoms with Gasteiger partial charge >= 0.3 is 6.09 Å². The first kappa shape index (κ1) is 12.7. The van der Waals surface area contributed by atoms with E-state index in [0.717, 1.165) is 32.7 Å². The molecule has 2 fully saturated rings. The summed E-state index contributed by atoms with van der Waals surface area (Å²) in [5, 5.41) is 0. The first-order valence-corrected chi connectivity index (χ1v) is 6.59. The molecule has 0 aromatic heterocycles. The fourth-order valence-corrected chi connectivity index (χ4v) is 2.82. The molecule has 0 bridgehead atoms. The summed E-state index contributed by atoms with van der Waals surface area (Å²) in [6, 6.07) is 0. The highest BCUT2D eigenvalue weighted by molar-refractivity contribution is 5.68. The summed E-state index contributed by atoms with van der Waals surface area (Å²) in [6.07, 6.45) is -0.144. The summed E-state index contributed by atoms with van der Waals surface area (Å²) in [5.74, 6) is 1.31. The second-order valence-electron chi connectivity index (χ2n) is 6.26. The maximum absolute atomic E-state index is 11.9. The summed E-state index contributed by atoms with van der Waals surface area (Å²) in [5.41, 5.74) is -0.385. The van der Waals surface area contributed by atoms with Gasteiger partial charge < -0.3 is 14.5 Å². The topological polar surface area (TPSA) is 32.8 Å². The molecule has 2 saturated heterocycles. The van der Waals surface area contributed by atoms with Gasteiger partial charge in [0.15, 0.2) is 0 Å². The van der Waals surface area contributed by atoms with Crippen molar-refractivity contribution in [2.75, 3.05) is 32.7 Å². The van der Waals surface area contributed by atoms with Gasteiger partial charge in [0.25, 0.3) is 0 Å². The zero-order valence-electron chi connectivity index (χ0n) is 11.4. The van der Waals surface area contributed by atoms with Crippen molar-refractivity contribution >= 4 is 6.09 Å². The van der Waals surface area contributed by atoms with Crippen LogP contribution in [0.4, 0.5) is 4.79 Å². The second kappa shape index (κ2) is 4.48. The molecule has 0 unspecified atom stereocenters. The van der Waals surface area contributed by atoms with Crippen LogP contribution in [0.1, 0.15) is 27.7 Å². The Morgan fingerprint density at radius 1 is 1.18 bits per heavy atom. The van der Waals surface area contributed by atoms with Crippen LogP contribution in [0.3, 0.4) is 0 Å². The number of nitrogens with zero attached hydrogens (tertiary/aromatic N) is 2. The third-order valence-corrected chi connectivity index (χ3v) is 3.66. The third kappa shape index (κ3) is 2.92. The van der Waals surface area contributed by atoms with E-state index in [1.807, 2.05) is 25.7 Å². The van der Waals surface area contributed by atoms with E-state index < -0.39 is 0 Å². The number of fused-ring (bicyclic) bond motifs is 1. The number of likely N-dealkylation sites (tertiary alicyclic amines) is 2. The SMILES string of the molecule is CCN1C[C@@H]2CN(C(=O)OC(C)(C)C)C[C@H]2C1. The van der Waals surface area contributed by atoms with E-state index in [4.69, 9.17) is 4.74 Å². The molecule has 1 amide bonds. The van der Waals surface area contributed by atoms with Crippen molar-refractivity contribution in [2.24, 2.45) is 11.8 Å². The summed E-state index contributed by atoms with van der Waals surface area (Å²) >= 11 is 0. The minimum atomic E-state index is -0.385. The minimum absolute atomic E-state index is 0.144. The molecule has 0 radical (unpaired) electrons. The normalized spacial score (nSPS) is 29.5. The van der Waals surface area contributed by atoms with Crippen LogP contribution in [0.25, 0.3) is 0 Å². The second-order valence-corrected chi connectivity index (χ2v) is 6.26. The molecule has 2 aliphatic heterocycles. The van der Waals surface area contributed by atoms with E-state index in [9.17, 15) is 4.79 Å². The summed E-state index contributed by atoms with van der Waals surface area (Å²) in [6.45, 7) is 13.1.